The van der Waals surface area contributed by atoms with Gasteiger partial charge in [-0.25, -0.2) is 0 Å². The van der Waals surface area contributed by atoms with Gasteiger partial charge < -0.3 is 20.4 Å². The first-order valence-electron chi connectivity index (χ1n) is 21.7. The fourth-order valence-electron chi connectivity index (χ4n) is 9.49. The maximum Gasteiger partial charge on any atom is 0.247 e. The van der Waals surface area contributed by atoms with Crippen LogP contribution in [0.2, 0.25) is 0 Å². The highest BCUT2D eigenvalue weighted by Crippen LogP contribution is 2.34. The van der Waals surface area contributed by atoms with E-state index in [0.29, 0.717) is 49.1 Å². The van der Waals surface area contributed by atoms with Gasteiger partial charge in [-0.1, -0.05) is 86.4 Å². The Labute approximate surface area is 354 Å². The minimum absolute atomic E-state index is 0.00108. The molecule has 0 aliphatic carbocycles. The van der Waals surface area contributed by atoms with Crippen LogP contribution in [-0.2, 0) is 19.2 Å². The van der Waals surface area contributed by atoms with E-state index >= 15 is 0 Å². The third-order valence-electron chi connectivity index (χ3n) is 12.7. The Kier molecular flexibility index (Phi) is 12.7. The fourth-order valence-corrected chi connectivity index (χ4v) is 9.49. The average molecular weight is 805 g/mol. The molecular weight excluding hydrogens is 749 g/mol. The molecule has 10 heteroatoms. The van der Waals surface area contributed by atoms with Crippen LogP contribution in [-0.4, -0.2) is 94.6 Å². The molecule has 6 atom stereocenters. The van der Waals surface area contributed by atoms with Crippen LogP contribution in [0.25, 0.3) is 0 Å². The predicted octanol–water partition coefficient (Wildman–Crippen LogP) is 7.11. The van der Waals surface area contributed by atoms with Gasteiger partial charge in [0.15, 0.2) is 0 Å². The minimum atomic E-state index is -0.522. The Morgan fingerprint density at radius 3 is 1.25 bits per heavy atom. The van der Waals surface area contributed by atoms with E-state index in [-0.39, 0.29) is 35.7 Å². The molecule has 10 nitrogen and oxygen atoms in total. The molecule has 4 aliphatic rings. The first-order valence-corrected chi connectivity index (χ1v) is 21.7. The third kappa shape index (κ3) is 9.33. The molecule has 2 N–H and O–H groups in total. The molecule has 4 aromatic carbocycles. The number of carbonyl (C=O) groups is 4. The molecule has 0 spiro atoms. The second-order valence-electron chi connectivity index (χ2n) is 17.2. The van der Waals surface area contributed by atoms with Gasteiger partial charge in [0, 0.05) is 48.7 Å². The Morgan fingerprint density at radius 2 is 0.900 bits per heavy atom. The molecule has 0 saturated carbocycles. The number of carbonyl (C=O) groups excluding carboxylic acids is 4. The number of hydrogen-bond donors (Lipinski definition) is 2. The van der Waals surface area contributed by atoms with Crippen molar-refractivity contribution in [2.45, 2.75) is 76.5 Å². The predicted molar refractivity (Wildman–Crippen MR) is 235 cm³/mol. The Morgan fingerprint density at radius 1 is 0.517 bits per heavy atom. The maximum atomic E-state index is 14.2. The van der Waals surface area contributed by atoms with Crippen molar-refractivity contribution in [3.05, 3.63) is 131 Å². The SMILES string of the molecule is C[C@H]1CCN([C@@H](C(=O)N2CCC[C@H]2C(=O)Nc2ccc(C#Cc3ccc(NC(=O)[C@@H]4CCCN4C(=O)[C@@H](c4ccccc4)N4CC[C@H](C)C4)cc3)cc2)c2ccccc2)C1. The van der Waals surface area contributed by atoms with E-state index in [2.05, 4.69) is 46.1 Å². The van der Waals surface area contributed by atoms with Crippen LogP contribution >= 0.6 is 0 Å². The molecule has 4 heterocycles. The van der Waals surface area contributed by atoms with Gasteiger partial charge in [-0.05, 0) is 123 Å². The Hall–Kier alpha value is -5.76. The summed E-state index contributed by atoms with van der Waals surface area (Å²) in [4.78, 5) is 63.7. The summed E-state index contributed by atoms with van der Waals surface area (Å²) in [5, 5.41) is 6.10. The summed E-state index contributed by atoms with van der Waals surface area (Å²) < 4.78 is 0. The summed E-state index contributed by atoms with van der Waals surface area (Å²) in [5.74, 6) is 7.11. The lowest BCUT2D eigenvalue weighted by Crippen LogP contribution is -2.48. The number of nitrogens with one attached hydrogen (secondary N) is 2. The summed E-state index contributed by atoms with van der Waals surface area (Å²) in [5.41, 5.74) is 4.84. The lowest BCUT2D eigenvalue weighted by molar-refractivity contribution is -0.141. The number of hydrogen-bond acceptors (Lipinski definition) is 6. The molecule has 4 fully saturated rings. The largest absolute Gasteiger partial charge is 0.329 e. The van der Waals surface area contributed by atoms with E-state index in [0.717, 1.165) is 74.1 Å². The van der Waals surface area contributed by atoms with Crippen LogP contribution in [0.5, 0.6) is 0 Å². The molecule has 8 rings (SSSR count). The van der Waals surface area contributed by atoms with Gasteiger partial charge >= 0.3 is 0 Å². The summed E-state index contributed by atoms with van der Waals surface area (Å²) in [7, 11) is 0. The van der Waals surface area contributed by atoms with E-state index in [1.165, 1.54) is 0 Å². The molecular formula is C50H56N6O4. The van der Waals surface area contributed by atoms with Crippen LogP contribution in [0.15, 0.2) is 109 Å². The van der Waals surface area contributed by atoms with Crippen molar-refractivity contribution in [2.24, 2.45) is 11.8 Å². The smallest absolute Gasteiger partial charge is 0.247 e. The van der Waals surface area contributed by atoms with Crippen molar-refractivity contribution in [1.82, 2.24) is 19.6 Å². The lowest BCUT2D eigenvalue weighted by atomic mass is 10.0. The van der Waals surface area contributed by atoms with Crippen LogP contribution < -0.4 is 10.6 Å². The van der Waals surface area contributed by atoms with E-state index < -0.39 is 12.1 Å². The van der Waals surface area contributed by atoms with Gasteiger partial charge in [0.25, 0.3) is 0 Å². The monoisotopic (exact) mass is 804 g/mol. The maximum absolute atomic E-state index is 14.2. The summed E-state index contributed by atoms with van der Waals surface area (Å²) in [6, 6.07) is 32.9. The Bertz CT molecular complexity index is 2050. The van der Waals surface area contributed by atoms with E-state index in [1.54, 1.807) is 9.80 Å². The standard InChI is InChI=1S/C50H56N6O4/c1-35-27-31-53(33-35)45(39-11-5-3-6-12-39)49(59)55-29-9-15-43(55)47(57)51-41-23-19-37(20-24-41)17-18-38-21-25-42(26-22-38)52-48(58)44-16-10-30-56(44)50(60)46(40-13-7-4-8-14-40)54-32-28-36(2)34-54/h3-8,11-14,19-26,35-36,43-46H,9-10,15-16,27-34H2,1-2H3,(H,51,57)(H,52,58)/t35-,36-,43-,44-,45+,46+/m0/s1. The second-order valence-corrected chi connectivity index (χ2v) is 17.2. The van der Waals surface area contributed by atoms with Gasteiger partial charge in [0.2, 0.25) is 23.6 Å². The summed E-state index contributed by atoms with van der Waals surface area (Å²) in [6.07, 6.45) is 4.97. The van der Waals surface area contributed by atoms with Crippen molar-refractivity contribution in [1.29, 1.82) is 0 Å². The molecule has 0 aromatic heterocycles. The summed E-state index contributed by atoms with van der Waals surface area (Å²) in [6.45, 7) is 9.06. The first-order chi connectivity index (χ1) is 29.2. The number of anilines is 2. The van der Waals surface area contributed by atoms with Crippen molar-refractivity contribution in [3.63, 3.8) is 0 Å². The molecule has 0 unspecified atom stereocenters. The molecule has 4 aromatic rings. The normalized spacial score (nSPS) is 22.8. The first kappa shape index (κ1) is 41.0. The van der Waals surface area contributed by atoms with Crippen LogP contribution in [0, 0.1) is 23.7 Å². The van der Waals surface area contributed by atoms with E-state index in [9.17, 15) is 19.2 Å². The van der Waals surface area contributed by atoms with Gasteiger partial charge in [-0.15, -0.1) is 0 Å². The molecule has 4 aliphatic heterocycles. The Balaban J connectivity index is 0.859. The number of amides is 4. The van der Waals surface area contributed by atoms with Crippen molar-refractivity contribution in [3.8, 4) is 11.8 Å². The van der Waals surface area contributed by atoms with Crippen molar-refractivity contribution in [2.75, 3.05) is 49.9 Å². The molecule has 0 radical (unpaired) electrons. The fraction of sp³-hybridized carbons (Fsp3) is 0.400. The number of nitrogens with zero attached hydrogens (tertiary/aromatic N) is 4. The highest BCUT2D eigenvalue weighted by atomic mass is 16.2. The van der Waals surface area contributed by atoms with Gasteiger partial charge in [0.05, 0.1) is 0 Å². The third-order valence-corrected chi connectivity index (χ3v) is 12.7. The second kappa shape index (κ2) is 18.7. The average Bonchev–Trinajstić information content (AvgIpc) is 4.11. The van der Waals surface area contributed by atoms with E-state index in [1.807, 2.05) is 109 Å². The molecule has 4 saturated heterocycles. The highest BCUT2D eigenvalue weighted by Gasteiger charge is 2.42. The number of rotatable bonds is 10. The molecule has 310 valence electrons. The van der Waals surface area contributed by atoms with Gasteiger partial charge in [0.1, 0.15) is 24.2 Å². The zero-order valence-corrected chi connectivity index (χ0v) is 34.8. The van der Waals surface area contributed by atoms with Gasteiger partial charge in [-0.2, -0.15) is 0 Å². The van der Waals surface area contributed by atoms with Crippen LogP contribution in [0.1, 0.15) is 86.7 Å². The van der Waals surface area contributed by atoms with Gasteiger partial charge in [-0.3, -0.25) is 29.0 Å². The molecule has 4 amide bonds. The zero-order chi connectivity index (χ0) is 41.6. The van der Waals surface area contributed by atoms with Crippen molar-refractivity contribution < 1.29 is 19.2 Å². The quantitative estimate of drug-likeness (QED) is 0.166. The number of benzene rings is 4. The van der Waals surface area contributed by atoms with E-state index in [4.69, 9.17) is 0 Å². The lowest BCUT2D eigenvalue weighted by Gasteiger charge is -2.33. The highest BCUT2D eigenvalue weighted by molar-refractivity contribution is 5.99. The molecule has 0 bridgehead atoms. The minimum Gasteiger partial charge on any atom is -0.329 e. The number of likely N-dealkylation sites (tertiary alicyclic amines) is 4. The zero-order valence-electron chi connectivity index (χ0n) is 34.8. The summed E-state index contributed by atoms with van der Waals surface area (Å²) >= 11 is 0. The van der Waals surface area contributed by atoms with Crippen LogP contribution in [0.4, 0.5) is 11.4 Å². The van der Waals surface area contributed by atoms with Crippen molar-refractivity contribution >= 4 is 35.0 Å². The van der Waals surface area contributed by atoms with Crippen LogP contribution in [0.3, 0.4) is 0 Å². The molecule has 60 heavy (non-hydrogen) atoms. The topological polar surface area (TPSA) is 105 Å².